The molecule has 3 rings (SSSR count). The molecule has 0 aliphatic rings. The monoisotopic (exact) mass is 340 g/mol. The van der Waals surface area contributed by atoms with Crippen LogP contribution in [0.15, 0.2) is 48.8 Å². The maximum Gasteiger partial charge on any atom is 0.354 e. The fraction of sp³-hybridized carbons (Fsp3) is 0.176. The van der Waals surface area contributed by atoms with Crippen LogP contribution in [0, 0.1) is 0 Å². The highest BCUT2D eigenvalue weighted by Gasteiger charge is 2.12. The number of hydrogen-bond acceptors (Lipinski definition) is 5. The van der Waals surface area contributed by atoms with E-state index in [2.05, 4.69) is 10.3 Å². The second kappa shape index (κ2) is 7.00. The Balaban J connectivity index is 1.69. The van der Waals surface area contributed by atoms with Crippen LogP contribution in [0.25, 0.3) is 0 Å². The summed E-state index contributed by atoms with van der Waals surface area (Å²) in [5.74, 6) is -1.36. The van der Waals surface area contributed by atoms with Crippen LogP contribution in [0.1, 0.15) is 32.1 Å². The quantitative estimate of drug-likeness (QED) is 0.685. The van der Waals surface area contributed by atoms with Crippen LogP contribution in [0.5, 0.6) is 0 Å². The molecule has 0 spiro atoms. The van der Waals surface area contributed by atoms with Gasteiger partial charge in [-0.2, -0.15) is 0 Å². The fourth-order valence-electron chi connectivity index (χ4n) is 2.44. The Bertz CT molecular complexity index is 896. The van der Waals surface area contributed by atoms with Crippen molar-refractivity contribution >= 4 is 11.9 Å². The molecular formula is C17H16N4O4. The largest absolute Gasteiger partial charge is 0.478 e. The zero-order valence-electron chi connectivity index (χ0n) is 13.5. The van der Waals surface area contributed by atoms with Crippen LogP contribution < -0.4 is 0 Å². The number of carboxylic acids is 1. The third-order valence-electron chi connectivity index (χ3n) is 3.69. The third-order valence-corrected chi connectivity index (χ3v) is 3.69. The van der Waals surface area contributed by atoms with Crippen LogP contribution in [0.3, 0.4) is 0 Å². The zero-order chi connectivity index (χ0) is 17.8. The predicted octanol–water partition coefficient (Wildman–Crippen LogP) is 1.66. The number of carbonyl (C=O) groups excluding carboxylic acids is 1. The Morgan fingerprint density at radius 2 is 1.92 bits per heavy atom. The Morgan fingerprint density at radius 1 is 1.16 bits per heavy atom. The first-order valence-corrected chi connectivity index (χ1v) is 7.51. The van der Waals surface area contributed by atoms with Gasteiger partial charge in [-0.1, -0.05) is 17.3 Å². The molecule has 0 atom stereocenters. The summed E-state index contributed by atoms with van der Waals surface area (Å²) in [5, 5.41) is 17.1. The van der Waals surface area contributed by atoms with Gasteiger partial charge in [0.2, 0.25) is 0 Å². The number of benzene rings is 1. The molecule has 0 aliphatic heterocycles. The minimum absolute atomic E-state index is 0.242. The number of hydrogen-bond donors (Lipinski definition) is 1. The number of ether oxygens (including phenoxy) is 1. The number of aromatic carboxylic acids is 1. The van der Waals surface area contributed by atoms with E-state index in [0.29, 0.717) is 24.5 Å². The minimum Gasteiger partial charge on any atom is -0.478 e. The van der Waals surface area contributed by atoms with Gasteiger partial charge < -0.3 is 14.4 Å². The Morgan fingerprint density at radius 3 is 2.60 bits per heavy atom. The lowest BCUT2D eigenvalue weighted by Crippen LogP contribution is -2.10. The average Bonchev–Trinajstić information content (AvgIpc) is 3.24. The summed E-state index contributed by atoms with van der Waals surface area (Å²) in [7, 11) is 1.34. The van der Waals surface area contributed by atoms with Gasteiger partial charge in [-0.25, -0.2) is 14.3 Å². The van der Waals surface area contributed by atoms with Gasteiger partial charge in [0.1, 0.15) is 11.4 Å². The lowest BCUT2D eigenvalue weighted by Gasteiger charge is -2.05. The topological polar surface area (TPSA) is 99.2 Å². The summed E-state index contributed by atoms with van der Waals surface area (Å²) in [6, 6.07) is 10.0. The molecule has 0 radical (unpaired) electrons. The highest BCUT2D eigenvalue weighted by Crippen LogP contribution is 2.09. The predicted molar refractivity (Wildman–Crippen MR) is 87.4 cm³/mol. The van der Waals surface area contributed by atoms with Gasteiger partial charge in [-0.15, -0.1) is 5.10 Å². The molecular weight excluding hydrogens is 324 g/mol. The standard InChI is InChI=1S/C17H16N4O4/c1-25-17(24)15-3-2-8-20(15)10-14-11-21(19-18-14)9-12-4-6-13(7-5-12)16(22)23/h2-8,11H,9-10H2,1H3,(H,22,23). The molecule has 2 heterocycles. The lowest BCUT2D eigenvalue weighted by atomic mass is 10.1. The van der Waals surface area contributed by atoms with E-state index in [1.165, 1.54) is 7.11 Å². The average molecular weight is 340 g/mol. The molecule has 0 unspecified atom stereocenters. The molecule has 0 fully saturated rings. The molecule has 0 aliphatic carbocycles. The first kappa shape index (κ1) is 16.4. The van der Waals surface area contributed by atoms with Gasteiger partial charge in [0, 0.05) is 6.20 Å². The normalized spacial score (nSPS) is 10.6. The Kier molecular flexibility index (Phi) is 4.60. The smallest absolute Gasteiger partial charge is 0.354 e. The van der Waals surface area contributed by atoms with Crippen LogP contribution in [-0.2, 0) is 17.8 Å². The SMILES string of the molecule is COC(=O)c1cccn1Cc1cn(Cc2ccc(C(=O)O)cc2)nn1. The lowest BCUT2D eigenvalue weighted by molar-refractivity contribution is 0.0588. The van der Waals surface area contributed by atoms with Crippen molar-refractivity contribution in [1.82, 2.24) is 19.6 Å². The van der Waals surface area contributed by atoms with Crippen molar-refractivity contribution in [1.29, 1.82) is 0 Å². The van der Waals surface area contributed by atoms with E-state index >= 15 is 0 Å². The molecule has 0 amide bonds. The van der Waals surface area contributed by atoms with Crippen molar-refractivity contribution in [2.24, 2.45) is 0 Å². The number of nitrogens with zero attached hydrogens (tertiary/aromatic N) is 4. The number of carbonyl (C=O) groups is 2. The van der Waals surface area contributed by atoms with E-state index in [4.69, 9.17) is 9.84 Å². The summed E-state index contributed by atoms with van der Waals surface area (Å²) in [6.45, 7) is 0.873. The third kappa shape index (κ3) is 3.74. The molecule has 8 heteroatoms. The van der Waals surface area contributed by atoms with Crippen LogP contribution in [0.4, 0.5) is 0 Å². The van der Waals surface area contributed by atoms with Crippen molar-refractivity contribution in [3.05, 3.63) is 71.3 Å². The molecule has 0 saturated carbocycles. The summed E-state index contributed by atoms with van der Waals surface area (Å²) in [6.07, 6.45) is 3.56. The second-order valence-electron chi connectivity index (χ2n) is 5.42. The summed E-state index contributed by atoms with van der Waals surface area (Å²) >= 11 is 0. The Hall–Kier alpha value is -3.42. The number of methoxy groups -OCH3 is 1. The van der Waals surface area contributed by atoms with E-state index in [0.717, 1.165) is 5.56 Å². The number of aromatic nitrogens is 4. The van der Waals surface area contributed by atoms with E-state index in [1.54, 1.807) is 58.0 Å². The first-order valence-electron chi connectivity index (χ1n) is 7.51. The van der Waals surface area contributed by atoms with E-state index in [1.807, 2.05) is 0 Å². The fourth-order valence-corrected chi connectivity index (χ4v) is 2.44. The van der Waals surface area contributed by atoms with Gasteiger partial charge >= 0.3 is 11.9 Å². The van der Waals surface area contributed by atoms with Gasteiger partial charge in [0.15, 0.2) is 0 Å². The molecule has 1 N–H and O–H groups in total. The van der Waals surface area contributed by atoms with Crippen LogP contribution in [-0.4, -0.2) is 43.7 Å². The van der Waals surface area contributed by atoms with E-state index < -0.39 is 11.9 Å². The Labute approximate surface area is 143 Å². The summed E-state index contributed by atoms with van der Waals surface area (Å²) in [5.41, 5.74) is 2.30. The minimum atomic E-state index is -0.956. The molecule has 128 valence electrons. The molecule has 8 nitrogen and oxygen atoms in total. The highest BCUT2D eigenvalue weighted by atomic mass is 16.5. The summed E-state index contributed by atoms with van der Waals surface area (Å²) < 4.78 is 8.14. The number of esters is 1. The van der Waals surface area contributed by atoms with E-state index in [-0.39, 0.29) is 5.56 Å². The summed E-state index contributed by atoms with van der Waals surface area (Å²) in [4.78, 5) is 22.5. The van der Waals surface area contributed by atoms with Gasteiger partial charge in [-0.05, 0) is 29.8 Å². The molecule has 2 aromatic heterocycles. The van der Waals surface area contributed by atoms with Gasteiger partial charge in [-0.3, -0.25) is 0 Å². The van der Waals surface area contributed by atoms with Crippen molar-refractivity contribution in [2.45, 2.75) is 13.1 Å². The van der Waals surface area contributed by atoms with Crippen LogP contribution in [0.2, 0.25) is 0 Å². The van der Waals surface area contributed by atoms with Crippen molar-refractivity contribution < 1.29 is 19.4 Å². The molecule has 3 aromatic rings. The highest BCUT2D eigenvalue weighted by molar-refractivity contribution is 5.88. The maximum absolute atomic E-state index is 11.7. The van der Waals surface area contributed by atoms with Crippen molar-refractivity contribution in [3.8, 4) is 0 Å². The number of rotatable bonds is 6. The molecule has 0 saturated heterocycles. The molecule has 0 bridgehead atoms. The van der Waals surface area contributed by atoms with Crippen LogP contribution >= 0.6 is 0 Å². The molecule has 25 heavy (non-hydrogen) atoms. The second-order valence-corrected chi connectivity index (χ2v) is 5.42. The maximum atomic E-state index is 11.7. The van der Waals surface area contributed by atoms with Gasteiger partial charge in [0.25, 0.3) is 0 Å². The van der Waals surface area contributed by atoms with Crippen molar-refractivity contribution in [2.75, 3.05) is 7.11 Å². The zero-order valence-corrected chi connectivity index (χ0v) is 13.5. The first-order chi connectivity index (χ1) is 12.1. The van der Waals surface area contributed by atoms with Crippen molar-refractivity contribution in [3.63, 3.8) is 0 Å². The van der Waals surface area contributed by atoms with Gasteiger partial charge in [0.05, 0.1) is 32.0 Å². The molecule has 1 aromatic carbocycles. The number of carboxylic acid groups (broad SMARTS) is 1. The van der Waals surface area contributed by atoms with E-state index in [9.17, 15) is 9.59 Å².